The van der Waals surface area contributed by atoms with Gasteiger partial charge in [-0.05, 0) is 12.1 Å². The van der Waals surface area contributed by atoms with Gasteiger partial charge in [-0.15, -0.1) is 0 Å². The molecule has 1 aromatic rings. The molecule has 0 aliphatic rings. The molecule has 0 radical (unpaired) electrons. The Hall–Kier alpha value is -1.42. The summed E-state index contributed by atoms with van der Waals surface area (Å²) in [7, 11) is -2.54. The van der Waals surface area contributed by atoms with Crippen molar-refractivity contribution in [3.63, 3.8) is 0 Å². The van der Waals surface area contributed by atoms with Crippen molar-refractivity contribution < 1.29 is 24.4 Å². The molecule has 1 aromatic carbocycles. The lowest BCUT2D eigenvalue weighted by Gasteiger charge is -2.01. The Balaban J connectivity index is 2.86. The molecule has 0 spiro atoms. The molecule has 0 fully saturated rings. The quantitative estimate of drug-likeness (QED) is 0.707. The van der Waals surface area contributed by atoms with E-state index in [0.29, 0.717) is 5.75 Å². The highest BCUT2D eigenvalue weighted by atomic mass is 31.1. The van der Waals surface area contributed by atoms with E-state index in [1.165, 1.54) is 0 Å². The number of hydrogen-bond donors (Lipinski definition) is 2. The molecule has 0 amide bonds. The number of benzene rings is 1. The first-order valence-electron chi connectivity index (χ1n) is 4.05. The van der Waals surface area contributed by atoms with Crippen LogP contribution in [0.3, 0.4) is 0 Å². The lowest BCUT2D eigenvalue weighted by Crippen LogP contribution is -2.20. The van der Waals surface area contributed by atoms with E-state index in [9.17, 15) is 9.69 Å². The van der Waals surface area contributed by atoms with E-state index in [-0.39, 0.29) is 0 Å². The number of hydrogen-bond acceptors (Lipinski definition) is 4. The maximum Gasteiger partial charge on any atom is 0.380 e. The lowest BCUT2D eigenvalue weighted by molar-refractivity contribution is -0.166. The number of para-hydroxylation sites is 1. The van der Waals surface area contributed by atoms with Crippen molar-refractivity contribution in [2.45, 2.75) is 0 Å². The van der Waals surface area contributed by atoms with E-state index < -0.39 is 25.9 Å². The van der Waals surface area contributed by atoms with Gasteiger partial charge in [0.1, 0.15) is 6.61 Å². The van der Waals surface area contributed by atoms with E-state index in [1.54, 1.807) is 30.3 Å². The van der Waals surface area contributed by atoms with Crippen LogP contribution in [0.4, 0.5) is 0 Å². The van der Waals surface area contributed by atoms with Gasteiger partial charge in [0.05, 0.1) is 0 Å². The van der Waals surface area contributed by atoms with E-state index in [0.717, 1.165) is 0 Å². The highest BCUT2D eigenvalue weighted by Gasteiger charge is 2.20. The Morgan fingerprint density at radius 3 is 2.47 bits per heavy atom. The third-order valence-electron chi connectivity index (χ3n) is 1.55. The van der Waals surface area contributed by atoms with Gasteiger partial charge in [0.25, 0.3) is 13.3 Å². The molecule has 15 heavy (non-hydrogen) atoms. The minimum absolute atomic E-state index is 0.297. The number of carbonyl (C=O) groups is 1. The van der Waals surface area contributed by atoms with Crippen LogP contribution in [-0.2, 0) is 4.79 Å². The Bertz CT molecular complexity index is 373. The average Bonchev–Trinajstić information content (AvgIpc) is 2.19. The first-order valence-corrected chi connectivity index (χ1v) is 5.23. The maximum absolute atomic E-state index is 11.3. The minimum atomic E-state index is -2.54. The molecule has 0 aromatic heterocycles. The van der Waals surface area contributed by atoms with Crippen LogP contribution in [0, 0.1) is 0 Å². The van der Waals surface area contributed by atoms with Crippen molar-refractivity contribution in [2.24, 2.45) is 0 Å². The Kier molecular flexibility index (Phi) is 4.24. The van der Waals surface area contributed by atoms with Gasteiger partial charge in [0.15, 0.2) is 5.75 Å². The molecule has 0 aliphatic heterocycles. The molecule has 0 aliphatic carbocycles. The van der Waals surface area contributed by atoms with E-state index in [2.05, 4.69) is 0 Å². The van der Waals surface area contributed by atoms with Gasteiger partial charge in [0.2, 0.25) is 0 Å². The summed E-state index contributed by atoms with van der Waals surface area (Å²) in [6.45, 7) is -0.794. The maximum atomic E-state index is 11.3. The molecule has 2 N–H and O–H groups in total. The molecule has 0 saturated heterocycles. The fraction of sp³-hybridized carbons (Fsp3) is 0.111. The highest BCUT2D eigenvalue weighted by Crippen LogP contribution is 2.22. The predicted octanol–water partition coefficient (Wildman–Crippen LogP) is -0.0131. The number of carboxylic acid groups (broad SMARTS) is 1. The van der Waals surface area contributed by atoms with Gasteiger partial charge in [0, 0.05) is 0 Å². The van der Waals surface area contributed by atoms with Gasteiger partial charge < -0.3 is 15.1 Å². The number of carboxylic acids is 1. The molecule has 6 heteroatoms. The zero-order chi connectivity index (χ0) is 11.3. The topological polar surface area (TPSA) is 89.8 Å². The van der Waals surface area contributed by atoms with Gasteiger partial charge in [-0.25, -0.2) is 4.79 Å². The molecular weight excluding hydrogens is 219 g/mol. The average molecular weight is 228 g/mol. The minimum Gasteiger partial charge on any atom is -0.594 e. The number of aliphatic hydroxyl groups is 1. The Morgan fingerprint density at radius 2 is 2.00 bits per heavy atom. The van der Waals surface area contributed by atoms with Crippen LogP contribution < -0.4 is 9.42 Å². The van der Waals surface area contributed by atoms with E-state index >= 15 is 0 Å². The van der Waals surface area contributed by atoms with Crippen LogP contribution in [0.25, 0.3) is 0 Å². The molecule has 0 bridgehead atoms. The number of aliphatic carboxylic acids is 1. The predicted molar refractivity (Wildman–Crippen MR) is 53.7 cm³/mol. The standard InChI is InChI=1S/C9H9O5P/c10-6-8(9(11)12)15(13)14-7-4-2-1-3-5-7/h1-5,10H,6H2,(H,11,12). The second-order valence-corrected chi connectivity index (χ2v) is 3.81. The zero-order valence-corrected chi connectivity index (χ0v) is 8.55. The third-order valence-corrected chi connectivity index (χ3v) is 2.70. The van der Waals surface area contributed by atoms with Crippen LogP contribution in [0.1, 0.15) is 0 Å². The van der Waals surface area contributed by atoms with E-state index in [1.807, 2.05) is 0 Å². The van der Waals surface area contributed by atoms with Gasteiger partial charge >= 0.3 is 5.97 Å². The second-order valence-electron chi connectivity index (χ2n) is 2.57. The normalized spacial score (nSPS) is 11.9. The molecule has 0 saturated carbocycles. The SMILES string of the molecule is O=C(O)/C(CO)=[P+](\[O-])Oc1ccccc1. The highest BCUT2D eigenvalue weighted by molar-refractivity contribution is 7.49. The largest absolute Gasteiger partial charge is 0.594 e. The summed E-state index contributed by atoms with van der Waals surface area (Å²) >= 11 is 0. The molecular formula is C9H9O5P. The van der Waals surface area contributed by atoms with E-state index in [4.69, 9.17) is 14.7 Å². The van der Waals surface area contributed by atoms with Crippen molar-refractivity contribution in [3.8, 4) is 5.75 Å². The molecule has 0 heterocycles. The van der Waals surface area contributed by atoms with Crippen molar-refractivity contribution in [2.75, 3.05) is 6.61 Å². The Labute approximate surface area is 87.1 Å². The fourth-order valence-corrected chi connectivity index (χ4v) is 1.53. The smallest absolute Gasteiger partial charge is 0.380 e. The van der Waals surface area contributed by atoms with Crippen LogP contribution in [0.15, 0.2) is 30.3 Å². The van der Waals surface area contributed by atoms with Crippen molar-refractivity contribution in [1.82, 2.24) is 0 Å². The summed E-state index contributed by atoms with van der Waals surface area (Å²) in [5, 5.41) is 16.7. The number of aliphatic hydroxyl groups excluding tert-OH is 1. The van der Waals surface area contributed by atoms with Crippen molar-refractivity contribution >= 4 is 19.3 Å². The van der Waals surface area contributed by atoms with Crippen LogP contribution in [0.5, 0.6) is 5.75 Å². The fourth-order valence-electron chi connectivity index (χ4n) is 0.836. The molecule has 1 atom stereocenters. The summed E-state index contributed by atoms with van der Waals surface area (Å²) in [5.41, 5.74) is 0. The van der Waals surface area contributed by atoms with Gasteiger partial charge in [-0.3, -0.25) is 4.52 Å². The Morgan fingerprint density at radius 1 is 1.40 bits per heavy atom. The summed E-state index contributed by atoms with van der Waals surface area (Å²) < 4.78 is 4.86. The first-order chi connectivity index (χ1) is 7.15. The van der Waals surface area contributed by atoms with Crippen LogP contribution in [-0.4, -0.2) is 28.1 Å². The first kappa shape index (κ1) is 11.7. The van der Waals surface area contributed by atoms with Crippen molar-refractivity contribution in [3.05, 3.63) is 30.3 Å². The molecule has 1 unspecified atom stereocenters. The molecule has 80 valence electrons. The monoisotopic (exact) mass is 228 g/mol. The molecule has 5 nitrogen and oxygen atoms in total. The summed E-state index contributed by atoms with van der Waals surface area (Å²) in [6, 6.07) is 8.16. The summed E-state index contributed by atoms with van der Waals surface area (Å²) in [4.78, 5) is 21.8. The zero-order valence-electron chi connectivity index (χ0n) is 7.66. The van der Waals surface area contributed by atoms with Crippen LogP contribution >= 0.6 is 8.00 Å². The lowest BCUT2D eigenvalue weighted by atomic mass is 10.3. The number of rotatable bonds is 4. The second kappa shape index (κ2) is 5.46. The van der Waals surface area contributed by atoms with Gasteiger partial charge in [-0.1, -0.05) is 18.2 Å². The van der Waals surface area contributed by atoms with Crippen LogP contribution in [0.2, 0.25) is 0 Å². The summed E-state index contributed by atoms with van der Waals surface area (Å²) in [5.74, 6) is -1.12. The molecule has 1 rings (SSSR count). The van der Waals surface area contributed by atoms with Crippen molar-refractivity contribution in [1.29, 1.82) is 0 Å². The summed E-state index contributed by atoms with van der Waals surface area (Å²) in [6.07, 6.45) is 0. The third kappa shape index (κ3) is 3.32. The van der Waals surface area contributed by atoms with Gasteiger partial charge in [-0.2, -0.15) is 0 Å².